The molecule has 0 aliphatic heterocycles. The van der Waals surface area contributed by atoms with Gasteiger partial charge < -0.3 is 9.32 Å². The summed E-state index contributed by atoms with van der Waals surface area (Å²) in [4.78, 5) is 2.13. The maximum atomic E-state index is 6.52. The lowest BCUT2D eigenvalue weighted by atomic mass is 10.0. The third-order valence-corrected chi connectivity index (χ3v) is 9.38. The lowest BCUT2D eigenvalue weighted by Gasteiger charge is -2.23. The van der Waals surface area contributed by atoms with Gasteiger partial charge in [-0.2, -0.15) is 0 Å². The number of hydrogen-bond acceptors (Lipinski definition) is 3. The van der Waals surface area contributed by atoms with Crippen LogP contribution in [0.5, 0.6) is 0 Å². The van der Waals surface area contributed by atoms with E-state index in [4.69, 9.17) is 4.42 Å². The van der Waals surface area contributed by atoms with Gasteiger partial charge in [-0.15, -0.1) is 11.3 Å². The summed E-state index contributed by atoms with van der Waals surface area (Å²) in [5, 5.41) is 7.16. The monoisotopic (exact) mass is 611 g/mol. The van der Waals surface area contributed by atoms with Crippen LogP contribution in [0.4, 0.5) is 0 Å². The summed E-state index contributed by atoms with van der Waals surface area (Å²) < 4.78 is 9.12. The molecule has 0 radical (unpaired) electrons. The van der Waals surface area contributed by atoms with Crippen LogP contribution in [-0.4, -0.2) is 4.90 Å². The predicted octanol–water partition coefficient (Wildman–Crippen LogP) is 12.8. The Bertz CT molecular complexity index is 2420. The summed E-state index contributed by atoms with van der Waals surface area (Å²) in [6.07, 6.45) is 20.3. The van der Waals surface area contributed by atoms with Gasteiger partial charge in [0, 0.05) is 54.1 Å². The highest BCUT2D eigenvalue weighted by Gasteiger charge is 2.14. The average molecular weight is 612 g/mol. The highest BCUT2D eigenvalue weighted by molar-refractivity contribution is 7.26. The second-order valence-corrected chi connectivity index (χ2v) is 12.1. The van der Waals surface area contributed by atoms with Crippen LogP contribution in [0.2, 0.25) is 0 Å². The van der Waals surface area contributed by atoms with Crippen molar-refractivity contribution >= 4 is 76.4 Å². The average Bonchev–Trinajstić information content (AvgIpc) is 3.66. The number of para-hydroxylation sites is 1. The number of furan rings is 1. The second kappa shape index (κ2) is 12.8. The van der Waals surface area contributed by atoms with E-state index in [1.807, 2.05) is 36.5 Å². The topological polar surface area (TPSA) is 16.4 Å². The Morgan fingerprint density at radius 1 is 0.739 bits per heavy atom. The first-order valence-electron chi connectivity index (χ1n) is 15.4. The van der Waals surface area contributed by atoms with Gasteiger partial charge in [0.15, 0.2) is 0 Å². The minimum Gasteiger partial charge on any atom is -0.455 e. The van der Waals surface area contributed by atoms with Crippen molar-refractivity contribution in [1.82, 2.24) is 4.90 Å². The zero-order valence-corrected chi connectivity index (χ0v) is 26.5. The Morgan fingerprint density at radius 3 is 2.28 bits per heavy atom. The highest BCUT2D eigenvalue weighted by Crippen LogP contribution is 2.37. The van der Waals surface area contributed by atoms with Crippen LogP contribution in [0.3, 0.4) is 0 Å². The van der Waals surface area contributed by atoms with E-state index >= 15 is 0 Å². The van der Waals surface area contributed by atoms with Crippen LogP contribution in [-0.2, 0) is 0 Å². The Hall–Kier alpha value is -5.64. The van der Waals surface area contributed by atoms with E-state index in [2.05, 4.69) is 152 Å². The van der Waals surface area contributed by atoms with Crippen molar-refractivity contribution in [1.29, 1.82) is 0 Å². The van der Waals surface area contributed by atoms with E-state index in [0.717, 1.165) is 44.3 Å². The van der Waals surface area contributed by atoms with Crippen molar-refractivity contribution in [3.05, 3.63) is 181 Å². The molecule has 0 aliphatic rings. The molecule has 0 amide bonds. The molecule has 0 bridgehead atoms. The molecule has 0 fully saturated rings. The number of nitrogens with zero attached hydrogens (tertiary/aromatic N) is 1. The van der Waals surface area contributed by atoms with Crippen LogP contribution in [0.1, 0.15) is 18.1 Å². The minimum absolute atomic E-state index is 0.859. The first kappa shape index (κ1) is 29.1. The van der Waals surface area contributed by atoms with E-state index in [0.29, 0.717) is 0 Å². The zero-order chi connectivity index (χ0) is 31.5. The fourth-order valence-electron chi connectivity index (χ4n) is 6.01. The van der Waals surface area contributed by atoms with Gasteiger partial charge in [0.25, 0.3) is 0 Å². The van der Waals surface area contributed by atoms with Gasteiger partial charge in [-0.1, -0.05) is 122 Å². The zero-order valence-electron chi connectivity index (χ0n) is 25.7. The molecular formula is C43H33NOS. The van der Waals surface area contributed by atoms with Gasteiger partial charge in [-0.05, 0) is 65.8 Å². The van der Waals surface area contributed by atoms with Crippen LogP contribution in [0.15, 0.2) is 175 Å². The fraction of sp³-hybridized carbons (Fsp3) is 0.0233. The van der Waals surface area contributed by atoms with Crippen LogP contribution in [0.25, 0.3) is 65.0 Å². The van der Waals surface area contributed by atoms with Crippen molar-refractivity contribution in [3.8, 4) is 0 Å². The summed E-state index contributed by atoms with van der Waals surface area (Å²) in [5.41, 5.74) is 5.81. The molecule has 0 saturated heterocycles. The number of thiophene rings is 1. The molecule has 0 saturated carbocycles. The van der Waals surface area contributed by atoms with Crippen molar-refractivity contribution in [2.45, 2.75) is 6.92 Å². The molecular weight excluding hydrogens is 579 g/mol. The predicted molar refractivity (Wildman–Crippen MR) is 202 cm³/mol. The number of allylic oxidation sites excluding steroid dienone is 7. The smallest absolute Gasteiger partial charge is 0.142 e. The molecule has 7 rings (SSSR count). The van der Waals surface area contributed by atoms with E-state index in [-0.39, 0.29) is 0 Å². The van der Waals surface area contributed by atoms with Gasteiger partial charge in [-0.3, -0.25) is 0 Å². The molecule has 2 heterocycles. The molecule has 7 aromatic rings. The van der Waals surface area contributed by atoms with Gasteiger partial charge >= 0.3 is 0 Å². The van der Waals surface area contributed by atoms with Crippen molar-refractivity contribution in [3.63, 3.8) is 0 Å². The molecule has 46 heavy (non-hydrogen) atoms. The Balaban J connectivity index is 1.30. The maximum Gasteiger partial charge on any atom is 0.142 e. The Kier molecular flexibility index (Phi) is 8.07. The first-order valence-corrected chi connectivity index (χ1v) is 16.2. The van der Waals surface area contributed by atoms with Crippen molar-refractivity contribution in [2.75, 3.05) is 0 Å². The number of benzene rings is 5. The summed E-state index contributed by atoms with van der Waals surface area (Å²) in [6, 6.07) is 34.2. The van der Waals surface area contributed by atoms with E-state index in [1.165, 1.54) is 31.1 Å². The lowest BCUT2D eigenvalue weighted by molar-refractivity contribution is 0.617. The number of fused-ring (bicyclic) bond motifs is 7. The van der Waals surface area contributed by atoms with E-state index in [9.17, 15) is 0 Å². The maximum absolute atomic E-state index is 6.52. The molecule has 0 unspecified atom stereocenters. The SMILES string of the molecule is C=C/C=C\C(=C\c1cccc2c1oc1cc3ccccc3cc12)N(/C=C/C)/C(C=C)=C/C=C/c1cccc2c1sc1ccccc12. The summed E-state index contributed by atoms with van der Waals surface area (Å²) in [5.74, 6) is 0. The molecule has 5 aromatic carbocycles. The fourth-order valence-corrected chi connectivity index (χ4v) is 7.21. The molecule has 2 aromatic heterocycles. The van der Waals surface area contributed by atoms with Gasteiger partial charge in [0.05, 0.1) is 0 Å². The molecule has 222 valence electrons. The Labute approximate surface area is 273 Å². The van der Waals surface area contributed by atoms with Crippen LogP contribution < -0.4 is 0 Å². The Morgan fingerprint density at radius 2 is 1.48 bits per heavy atom. The van der Waals surface area contributed by atoms with E-state index < -0.39 is 0 Å². The summed E-state index contributed by atoms with van der Waals surface area (Å²) >= 11 is 1.83. The van der Waals surface area contributed by atoms with Crippen LogP contribution in [0, 0.1) is 0 Å². The summed E-state index contributed by atoms with van der Waals surface area (Å²) in [7, 11) is 0. The minimum atomic E-state index is 0.859. The van der Waals surface area contributed by atoms with Gasteiger partial charge in [-0.25, -0.2) is 0 Å². The molecule has 0 aliphatic carbocycles. The normalized spacial score (nSPS) is 13.1. The van der Waals surface area contributed by atoms with Crippen molar-refractivity contribution < 1.29 is 4.42 Å². The van der Waals surface area contributed by atoms with Crippen molar-refractivity contribution in [2.24, 2.45) is 0 Å². The number of rotatable bonds is 9. The van der Waals surface area contributed by atoms with Gasteiger partial charge in [0.1, 0.15) is 11.2 Å². The largest absolute Gasteiger partial charge is 0.455 e. The lowest BCUT2D eigenvalue weighted by Crippen LogP contribution is -2.13. The van der Waals surface area contributed by atoms with Gasteiger partial charge in [0.2, 0.25) is 0 Å². The third kappa shape index (κ3) is 5.42. The number of hydrogen-bond donors (Lipinski definition) is 0. The molecule has 3 heteroatoms. The molecule has 0 spiro atoms. The quantitative estimate of drug-likeness (QED) is 0.151. The molecule has 2 nitrogen and oxygen atoms in total. The first-order chi connectivity index (χ1) is 22.7. The summed E-state index contributed by atoms with van der Waals surface area (Å²) in [6.45, 7) is 10.1. The van der Waals surface area contributed by atoms with Crippen LogP contribution >= 0.6 is 11.3 Å². The highest BCUT2D eigenvalue weighted by atomic mass is 32.1. The van der Waals surface area contributed by atoms with E-state index in [1.54, 1.807) is 6.08 Å². The standard InChI is InChI=1S/C43H33NOS/c1-4-7-20-35(27-33-19-14-23-37-39-28-31-15-8-9-16-32(31)29-40(39)45-42(33)37)44(26-5-2)34(6-3)21-12-17-30-18-13-24-38-36-22-10-11-25-41(36)46-43(30)38/h4-29H,1,3H2,2H3/b17-12+,20-7-,26-5+,34-21+,35-27-. The third-order valence-electron chi connectivity index (χ3n) is 8.14. The second-order valence-electron chi connectivity index (χ2n) is 11.0. The molecule has 0 atom stereocenters. The molecule has 0 N–H and O–H groups in total.